The first-order chi connectivity index (χ1) is 16.1. The summed E-state index contributed by atoms with van der Waals surface area (Å²) in [6.07, 6.45) is 6.25. The van der Waals surface area contributed by atoms with Crippen molar-refractivity contribution in [3.05, 3.63) is 64.7 Å². The maximum absolute atomic E-state index is 12.5. The number of pyridine rings is 1. The monoisotopic (exact) mass is 499 g/mol. The van der Waals surface area contributed by atoms with E-state index >= 15 is 0 Å². The summed E-state index contributed by atoms with van der Waals surface area (Å²) in [5.74, 6) is -0.907. The van der Waals surface area contributed by atoms with Crippen LogP contribution in [-0.4, -0.2) is 58.1 Å². The van der Waals surface area contributed by atoms with E-state index in [4.69, 9.17) is 16.6 Å². The second kappa shape index (κ2) is 11.0. The molecule has 1 aromatic heterocycles. The molecule has 0 unspecified atom stereocenters. The van der Waals surface area contributed by atoms with Crippen LogP contribution >= 0.6 is 24.0 Å². The van der Waals surface area contributed by atoms with Crippen LogP contribution in [0.3, 0.4) is 0 Å². The van der Waals surface area contributed by atoms with Crippen LogP contribution in [0, 0.1) is 0 Å². The molecule has 0 aliphatic carbocycles. The van der Waals surface area contributed by atoms with E-state index in [0.29, 0.717) is 39.8 Å². The number of piperidine rings is 2. The Morgan fingerprint density at radius 3 is 2.44 bits per heavy atom. The third-order valence-corrected chi connectivity index (χ3v) is 7.39. The van der Waals surface area contributed by atoms with E-state index < -0.39 is 5.97 Å². The van der Waals surface area contributed by atoms with Gasteiger partial charge in [0.15, 0.2) is 0 Å². The maximum Gasteiger partial charge on any atom is 0.336 e. The van der Waals surface area contributed by atoms with E-state index in [9.17, 15) is 9.90 Å². The van der Waals surface area contributed by atoms with Crippen molar-refractivity contribution in [3.8, 4) is 11.3 Å². The fraction of sp³-hybridized carbons (Fsp3) is 0.407. The topological polar surface area (TPSA) is 56.7 Å². The molecule has 2 fully saturated rings. The molecule has 0 saturated carbocycles. The molecule has 5 rings (SSSR count). The van der Waals surface area contributed by atoms with Crippen LogP contribution in [0.1, 0.15) is 48.0 Å². The van der Waals surface area contributed by atoms with Crippen LogP contribution < -0.4 is 0 Å². The van der Waals surface area contributed by atoms with Gasteiger partial charge in [0.1, 0.15) is 0 Å². The molecule has 5 nitrogen and oxygen atoms in total. The first-order valence-electron chi connectivity index (χ1n) is 12.0. The van der Waals surface area contributed by atoms with Gasteiger partial charge in [-0.3, -0.25) is 4.90 Å². The lowest BCUT2D eigenvalue weighted by Crippen LogP contribution is -2.46. The highest BCUT2D eigenvalue weighted by atomic mass is 35.5. The summed E-state index contributed by atoms with van der Waals surface area (Å²) < 4.78 is 0. The van der Waals surface area contributed by atoms with Gasteiger partial charge in [0, 0.05) is 34.1 Å². The van der Waals surface area contributed by atoms with Crippen LogP contribution in [0.5, 0.6) is 0 Å². The highest BCUT2D eigenvalue weighted by Gasteiger charge is 2.28. The Labute approximate surface area is 212 Å². The zero-order valence-corrected chi connectivity index (χ0v) is 20.8. The summed E-state index contributed by atoms with van der Waals surface area (Å²) in [5.41, 5.74) is 3.40. The number of nitrogens with zero attached hydrogens (tertiary/aromatic N) is 3. The lowest BCUT2D eigenvalue weighted by molar-refractivity contribution is 0.0692. The van der Waals surface area contributed by atoms with Crippen molar-refractivity contribution >= 4 is 40.9 Å². The number of carbonyl (C=O) groups is 1. The van der Waals surface area contributed by atoms with Gasteiger partial charge in [-0.25, -0.2) is 9.78 Å². The van der Waals surface area contributed by atoms with Crippen molar-refractivity contribution in [1.82, 2.24) is 14.8 Å². The number of aromatic carboxylic acids is 1. The number of carboxylic acid groups (broad SMARTS) is 1. The minimum Gasteiger partial charge on any atom is -0.478 e. The SMILES string of the molecule is Cl.O=C(O)c1c(CN2CCC(N3CCCCC3)CC2)c(-c2cccc(Cl)c2)nc2ccccc12. The number of carboxylic acids is 1. The van der Waals surface area contributed by atoms with Crippen molar-refractivity contribution < 1.29 is 9.90 Å². The smallest absolute Gasteiger partial charge is 0.336 e. The lowest BCUT2D eigenvalue weighted by Gasteiger charge is -2.40. The van der Waals surface area contributed by atoms with Gasteiger partial charge >= 0.3 is 5.97 Å². The van der Waals surface area contributed by atoms with Crippen LogP contribution in [0.15, 0.2) is 48.5 Å². The number of hydrogen-bond donors (Lipinski definition) is 1. The van der Waals surface area contributed by atoms with E-state index in [1.807, 2.05) is 48.5 Å². The van der Waals surface area contributed by atoms with Gasteiger partial charge in [-0.1, -0.05) is 48.4 Å². The van der Waals surface area contributed by atoms with Crippen LogP contribution in [0.2, 0.25) is 5.02 Å². The Morgan fingerprint density at radius 1 is 1.00 bits per heavy atom. The minimum atomic E-state index is -0.907. The summed E-state index contributed by atoms with van der Waals surface area (Å²) in [7, 11) is 0. The van der Waals surface area contributed by atoms with Gasteiger partial charge in [-0.05, 0) is 70.1 Å². The predicted octanol–water partition coefficient (Wildman–Crippen LogP) is 6.13. The van der Waals surface area contributed by atoms with Gasteiger partial charge in [0.25, 0.3) is 0 Å². The first-order valence-corrected chi connectivity index (χ1v) is 12.3. The lowest BCUT2D eigenvalue weighted by atomic mass is 9.94. The zero-order chi connectivity index (χ0) is 22.8. The molecular weight excluding hydrogens is 469 g/mol. The number of hydrogen-bond acceptors (Lipinski definition) is 4. The summed E-state index contributed by atoms with van der Waals surface area (Å²) in [4.78, 5) is 22.5. The Bertz CT molecular complexity index is 1160. The largest absolute Gasteiger partial charge is 0.478 e. The quantitative estimate of drug-likeness (QED) is 0.457. The highest BCUT2D eigenvalue weighted by molar-refractivity contribution is 6.30. The second-order valence-corrected chi connectivity index (χ2v) is 9.69. The zero-order valence-electron chi connectivity index (χ0n) is 19.3. The van der Waals surface area contributed by atoms with Crippen LogP contribution in [0.25, 0.3) is 22.2 Å². The fourth-order valence-electron chi connectivity index (χ4n) is 5.47. The molecule has 7 heteroatoms. The Morgan fingerprint density at radius 2 is 1.74 bits per heavy atom. The molecule has 3 aromatic rings. The van der Waals surface area contributed by atoms with Gasteiger partial charge in [0.05, 0.1) is 16.8 Å². The van der Waals surface area contributed by atoms with E-state index in [0.717, 1.165) is 37.1 Å². The van der Waals surface area contributed by atoms with Crippen molar-refractivity contribution in [2.24, 2.45) is 0 Å². The Hall–Kier alpha value is -2.18. The molecule has 34 heavy (non-hydrogen) atoms. The molecule has 2 saturated heterocycles. The molecule has 0 bridgehead atoms. The fourth-order valence-corrected chi connectivity index (χ4v) is 5.66. The molecule has 0 atom stereocenters. The van der Waals surface area contributed by atoms with Gasteiger partial charge in [-0.2, -0.15) is 0 Å². The molecule has 180 valence electrons. The highest BCUT2D eigenvalue weighted by Crippen LogP contribution is 2.33. The van der Waals surface area contributed by atoms with E-state index in [1.54, 1.807) is 0 Å². The van der Waals surface area contributed by atoms with Gasteiger partial charge < -0.3 is 10.0 Å². The molecule has 0 amide bonds. The third kappa shape index (κ3) is 5.23. The van der Waals surface area contributed by atoms with Gasteiger partial charge in [-0.15, -0.1) is 12.4 Å². The summed E-state index contributed by atoms with van der Waals surface area (Å²) in [6.45, 7) is 4.97. The average Bonchev–Trinajstić information content (AvgIpc) is 2.84. The molecule has 1 N–H and O–H groups in total. The normalized spacial score (nSPS) is 18.0. The average molecular weight is 500 g/mol. The minimum absolute atomic E-state index is 0. The van der Waals surface area contributed by atoms with Crippen molar-refractivity contribution in [1.29, 1.82) is 0 Å². The van der Waals surface area contributed by atoms with E-state index in [-0.39, 0.29) is 12.4 Å². The van der Waals surface area contributed by atoms with E-state index in [1.165, 1.54) is 32.4 Å². The molecular formula is C27H31Cl2N3O2. The molecule has 2 aromatic carbocycles. The number of aromatic nitrogens is 1. The summed E-state index contributed by atoms with van der Waals surface area (Å²) >= 11 is 6.29. The maximum atomic E-state index is 12.5. The number of para-hydroxylation sites is 1. The number of benzene rings is 2. The molecule has 0 spiro atoms. The summed E-state index contributed by atoms with van der Waals surface area (Å²) in [6, 6.07) is 15.7. The standard InChI is InChI=1S/C27H30ClN3O2.ClH/c28-20-8-6-7-19(17-20)26-23(25(27(32)33)22-9-2-3-10-24(22)29-26)18-30-15-11-21(12-16-30)31-13-4-1-5-14-31;/h2-3,6-10,17,21H,1,4-5,11-16,18H2,(H,32,33);1H. The van der Waals surface area contributed by atoms with Crippen molar-refractivity contribution in [2.75, 3.05) is 26.2 Å². The number of fused-ring (bicyclic) bond motifs is 1. The van der Waals surface area contributed by atoms with Crippen molar-refractivity contribution in [2.45, 2.75) is 44.7 Å². The van der Waals surface area contributed by atoms with Gasteiger partial charge in [0.2, 0.25) is 0 Å². The van der Waals surface area contributed by atoms with E-state index in [2.05, 4.69) is 9.80 Å². The Balaban J connectivity index is 0.00000274. The molecule has 2 aliphatic rings. The first kappa shape index (κ1) is 24.9. The second-order valence-electron chi connectivity index (χ2n) is 9.25. The van der Waals surface area contributed by atoms with Crippen LogP contribution in [0.4, 0.5) is 0 Å². The Kier molecular flexibility index (Phi) is 8.10. The number of rotatable bonds is 5. The molecule has 3 heterocycles. The molecule has 2 aliphatic heterocycles. The number of likely N-dealkylation sites (tertiary alicyclic amines) is 2. The van der Waals surface area contributed by atoms with Crippen LogP contribution in [-0.2, 0) is 6.54 Å². The third-order valence-electron chi connectivity index (χ3n) is 7.15. The summed E-state index contributed by atoms with van der Waals surface area (Å²) in [5, 5.41) is 11.6. The van der Waals surface area contributed by atoms with Crippen molar-refractivity contribution in [3.63, 3.8) is 0 Å². The number of halogens is 2. The predicted molar refractivity (Wildman–Crippen MR) is 140 cm³/mol. The molecule has 0 radical (unpaired) electrons.